The van der Waals surface area contributed by atoms with Crippen LogP contribution in [0.2, 0.25) is 0 Å². The van der Waals surface area contributed by atoms with Gasteiger partial charge in [-0.1, -0.05) is 0 Å². The van der Waals surface area contributed by atoms with Crippen molar-refractivity contribution in [2.24, 2.45) is 0 Å². The highest BCUT2D eigenvalue weighted by molar-refractivity contribution is 5.88. The maximum absolute atomic E-state index is 11.2. The topological polar surface area (TPSA) is 78.1 Å². The van der Waals surface area contributed by atoms with Crippen molar-refractivity contribution in [1.29, 1.82) is 0 Å². The third kappa shape index (κ3) is 2.14. The van der Waals surface area contributed by atoms with Gasteiger partial charge in [0.15, 0.2) is 5.69 Å². The maximum Gasteiger partial charge on any atom is 0.358 e. The second-order valence-electron chi connectivity index (χ2n) is 2.45. The number of nitrogens with two attached hydrogens (primary N) is 1. The molecule has 1 heterocycles. The molecule has 2 N–H and O–H groups in total. The van der Waals surface area contributed by atoms with Gasteiger partial charge in [-0.25, -0.2) is 14.8 Å². The molecule has 0 saturated heterocycles. The van der Waals surface area contributed by atoms with Gasteiger partial charge in [-0.15, -0.1) is 0 Å². The summed E-state index contributed by atoms with van der Waals surface area (Å²) in [6.45, 7) is 3.72. The second-order valence-corrected chi connectivity index (χ2v) is 2.45. The summed E-state index contributed by atoms with van der Waals surface area (Å²) in [6.07, 6.45) is 1.33. The molecule has 0 aromatic carbocycles. The predicted molar refractivity (Wildman–Crippen MR) is 47.1 cm³/mol. The molecule has 13 heavy (non-hydrogen) atoms. The van der Waals surface area contributed by atoms with Gasteiger partial charge in [0.2, 0.25) is 0 Å². The molecule has 5 nitrogen and oxygen atoms in total. The quantitative estimate of drug-likeness (QED) is 0.674. The van der Waals surface area contributed by atoms with Crippen LogP contribution in [-0.2, 0) is 4.74 Å². The standard InChI is InChI=1S/C8H11N3O2/c1-3-13-8(12)7-5(2)11-6(9)4-10-7/h4H,3H2,1-2H3,(H2,9,11). The van der Waals surface area contributed by atoms with Crippen molar-refractivity contribution in [2.45, 2.75) is 13.8 Å². The zero-order valence-corrected chi connectivity index (χ0v) is 7.57. The summed E-state index contributed by atoms with van der Waals surface area (Å²) in [5.74, 6) is -0.168. The van der Waals surface area contributed by atoms with Crippen LogP contribution in [0.3, 0.4) is 0 Å². The summed E-state index contributed by atoms with van der Waals surface area (Å²) in [4.78, 5) is 18.9. The van der Waals surface area contributed by atoms with E-state index >= 15 is 0 Å². The third-order valence-corrected chi connectivity index (χ3v) is 1.43. The van der Waals surface area contributed by atoms with Gasteiger partial charge in [-0.3, -0.25) is 0 Å². The van der Waals surface area contributed by atoms with Gasteiger partial charge in [0.05, 0.1) is 18.5 Å². The number of aryl methyl sites for hydroxylation is 1. The number of hydrogen-bond acceptors (Lipinski definition) is 5. The van der Waals surface area contributed by atoms with E-state index in [4.69, 9.17) is 10.5 Å². The number of carbonyl (C=O) groups is 1. The van der Waals surface area contributed by atoms with E-state index in [-0.39, 0.29) is 5.69 Å². The number of aromatic nitrogens is 2. The van der Waals surface area contributed by atoms with Crippen LogP contribution >= 0.6 is 0 Å². The molecule has 0 spiro atoms. The molecule has 1 aromatic rings. The maximum atomic E-state index is 11.2. The van der Waals surface area contributed by atoms with E-state index in [0.717, 1.165) is 0 Å². The highest BCUT2D eigenvalue weighted by Gasteiger charge is 2.12. The van der Waals surface area contributed by atoms with Crippen molar-refractivity contribution in [3.05, 3.63) is 17.6 Å². The largest absolute Gasteiger partial charge is 0.461 e. The van der Waals surface area contributed by atoms with E-state index < -0.39 is 5.97 Å². The first-order chi connectivity index (χ1) is 6.15. The molecule has 0 saturated carbocycles. The van der Waals surface area contributed by atoms with Gasteiger partial charge >= 0.3 is 5.97 Å². The number of hydrogen-bond donors (Lipinski definition) is 1. The zero-order chi connectivity index (χ0) is 9.84. The van der Waals surface area contributed by atoms with E-state index in [9.17, 15) is 4.79 Å². The molecular weight excluding hydrogens is 170 g/mol. The molecule has 0 aliphatic carbocycles. The number of rotatable bonds is 2. The minimum absolute atomic E-state index is 0.219. The first-order valence-electron chi connectivity index (χ1n) is 3.91. The van der Waals surface area contributed by atoms with Crippen molar-refractivity contribution in [3.63, 3.8) is 0 Å². The van der Waals surface area contributed by atoms with Crippen molar-refractivity contribution in [1.82, 2.24) is 9.97 Å². The van der Waals surface area contributed by atoms with Crippen LogP contribution in [0.5, 0.6) is 0 Å². The molecule has 1 rings (SSSR count). The Morgan fingerprint density at radius 2 is 2.38 bits per heavy atom. The number of carbonyl (C=O) groups excluding carboxylic acids is 1. The van der Waals surface area contributed by atoms with Crippen LogP contribution in [0, 0.1) is 6.92 Å². The lowest BCUT2D eigenvalue weighted by Crippen LogP contribution is -2.11. The van der Waals surface area contributed by atoms with Crippen molar-refractivity contribution < 1.29 is 9.53 Å². The first-order valence-corrected chi connectivity index (χ1v) is 3.91. The van der Waals surface area contributed by atoms with Crippen molar-refractivity contribution in [3.8, 4) is 0 Å². The SMILES string of the molecule is CCOC(=O)c1ncc(N)nc1C. The Morgan fingerprint density at radius 1 is 1.69 bits per heavy atom. The summed E-state index contributed by atoms with van der Waals surface area (Å²) in [6, 6.07) is 0. The first kappa shape index (κ1) is 9.44. The van der Waals surface area contributed by atoms with E-state index in [1.807, 2.05) is 0 Å². The average Bonchev–Trinajstić information content (AvgIpc) is 2.04. The Balaban J connectivity index is 2.95. The Labute approximate surface area is 75.9 Å². The van der Waals surface area contributed by atoms with E-state index in [0.29, 0.717) is 18.1 Å². The lowest BCUT2D eigenvalue weighted by molar-refractivity contribution is 0.0518. The molecule has 0 bridgehead atoms. The number of anilines is 1. The summed E-state index contributed by atoms with van der Waals surface area (Å²) >= 11 is 0. The van der Waals surface area contributed by atoms with Gasteiger partial charge < -0.3 is 10.5 Å². The fourth-order valence-corrected chi connectivity index (χ4v) is 0.899. The summed E-state index contributed by atoms with van der Waals surface area (Å²) < 4.78 is 4.77. The fraction of sp³-hybridized carbons (Fsp3) is 0.375. The van der Waals surface area contributed by atoms with Crippen LogP contribution in [0.25, 0.3) is 0 Å². The lowest BCUT2D eigenvalue weighted by Gasteiger charge is -2.03. The van der Waals surface area contributed by atoms with Crippen LogP contribution in [0.15, 0.2) is 6.20 Å². The Bertz CT molecular complexity index is 325. The van der Waals surface area contributed by atoms with Gasteiger partial charge in [0, 0.05) is 0 Å². The zero-order valence-electron chi connectivity index (χ0n) is 7.57. The minimum Gasteiger partial charge on any atom is -0.461 e. The normalized spacial score (nSPS) is 9.69. The highest BCUT2D eigenvalue weighted by atomic mass is 16.5. The third-order valence-electron chi connectivity index (χ3n) is 1.43. The molecule has 70 valence electrons. The Kier molecular flexibility index (Phi) is 2.79. The molecule has 0 fully saturated rings. The molecule has 0 amide bonds. The molecule has 0 unspecified atom stereocenters. The van der Waals surface area contributed by atoms with Gasteiger partial charge in [0.25, 0.3) is 0 Å². The van der Waals surface area contributed by atoms with Crippen LogP contribution < -0.4 is 5.73 Å². The van der Waals surface area contributed by atoms with Crippen molar-refractivity contribution in [2.75, 3.05) is 12.3 Å². The Morgan fingerprint density at radius 3 is 2.92 bits per heavy atom. The predicted octanol–water partition coefficient (Wildman–Crippen LogP) is 0.544. The lowest BCUT2D eigenvalue weighted by atomic mass is 10.3. The van der Waals surface area contributed by atoms with Crippen molar-refractivity contribution >= 4 is 11.8 Å². The van der Waals surface area contributed by atoms with Crippen LogP contribution in [-0.4, -0.2) is 22.5 Å². The summed E-state index contributed by atoms with van der Waals surface area (Å²) in [5.41, 5.74) is 6.08. The summed E-state index contributed by atoms with van der Waals surface area (Å²) in [5, 5.41) is 0. The molecule has 0 radical (unpaired) electrons. The summed E-state index contributed by atoms with van der Waals surface area (Å²) in [7, 11) is 0. The van der Waals surface area contributed by atoms with Crippen LogP contribution in [0.4, 0.5) is 5.82 Å². The van der Waals surface area contributed by atoms with Crippen LogP contribution in [0.1, 0.15) is 23.1 Å². The fourth-order valence-electron chi connectivity index (χ4n) is 0.899. The molecule has 0 aliphatic rings. The van der Waals surface area contributed by atoms with Gasteiger partial charge in [0.1, 0.15) is 5.82 Å². The average molecular weight is 181 g/mol. The molecule has 0 atom stereocenters. The monoisotopic (exact) mass is 181 g/mol. The van der Waals surface area contributed by atoms with Gasteiger partial charge in [-0.05, 0) is 13.8 Å². The molecule has 5 heteroatoms. The molecular formula is C8H11N3O2. The Hall–Kier alpha value is -1.65. The van der Waals surface area contributed by atoms with E-state index in [1.54, 1.807) is 13.8 Å². The number of nitrogens with zero attached hydrogens (tertiary/aromatic N) is 2. The van der Waals surface area contributed by atoms with Gasteiger partial charge in [-0.2, -0.15) is 0 Å². The molecule has 1 aromatic heterocycles. The smallest absolute Gasteiger partial charge is 0.358 e. The van der Waals surface area contributed by atoms with E-state index in [2.05, 4.69) is 9.97 Å². The highest BCUT2D eigenvalue weighted by Crippen LogP contribution is 2.05. The number of ether oxygens (including phenoxy) is 1. The second kappa shape index (κ2) is 3.84. The molecule has 0 aliphatic heterocycles. The van der Waals surface area contributed by atoms with E-state index in [1.165, 1.54) is 6.20 Å². The number of nitrogen functional groups attached to an aromatic ring is 1. The number of esters is 1. The minimum atomic E-state index is -0.465.